The molecule has 0 amide bonds. The highest BCUT2D eigenvalue weighted by Crippen LogP contribution is 2.57. The van der Waals surface area contributed by atoms with E-state index in [0.29, 0.717) is 0 Å². The first kappa shape index (κ1) is 31.8. The van der Waals surface area contributed by atoms with Gasteiger partial charge in [0.05, 0.1) is 11.0 Å². The van der Waals surface area contributed by atoms with E-state index in [0.717, 1.165) is 44.9 Å². The van der Waals surface area contributed by atoms with E-state index in [1.807, 2.05) is 12.1 Å². The molecule has 0 fully saturated rings. The first-order chi connectivity index (χ1) is 28.2. The zero-order valence-corrected chi connectivity index (χ0v) is 30.8. The highest BCUT2D eigenvalue weighted by atomic mass is 19.1. The lowest BCUT2D eigenvalue weighted by molar-refractivity contribution is 0.627. The van der Waals surface area contributed by atoms with E-state index >= 15 is 0 Å². The molecule has 0 radical (unpaired) electrons. The van der Waals surface area contributed by atoms with Gasteiger partial charge in [0.1, 0.15) is 5.82 Å². The third-order valence-corrected chi connectivity index (χ3v) is 12.0. The highest BCUT2D eigenvalue weighted by Gasteiger charge is 2.31. The van der Waals surface area contributed by atoms with Gasteiger partial charge in [-0.05, 0) is 140 Å². The first-order valence-corrected chi connectivity index (χ1v) is 19.5. The van der Waals surface area contributed by atoms with Crippen molar-refractivity contribution >= 4 is 38.9 Å². The van der Waals surface area contributed by atoms with Crippen molar-refractivity contribution in [2.24, 2.45) is 0 Å². The molecule has 0 aliphatic heterocycles. The van der Waals surface area contributed by atoms with Crippen molar-refractivity contribution in [2.75, 3.05) is 4.90 Å². The van der Waals surface area contributed by atoms with Gasteiger partial charge in [-0.15, -0.1) is 0 Å². The molecule has 0 saturated carbocycles. The molecule has 1 heterocycles. The Morgan fingerprint density at radius 1 is 0.333 bits per heavy atom. The van der Waals surface area contributed by atoms with E-state index in [2.05, 4.69) is 185 Å². The number of hydrogen-bond acceptors (Lipinski definition) is 1. The van der Waals surface area contributed by atoms with Gasteiger partial charge in [-0.1, -0.05) is 127 Å². The van der Waals surface area contributed by atoms with Crippen LogP contribution in [0.1, 0.15) is 0 Å². The fourth-order valence-corrected chi connectivity index (χ4v) is 9.48. The van der Waals surface area contributed by atoms with Crippen LogP contribution in [-0.4, -0.2) is 4.57 Å². The normalized spacial score (nSPS) is 11.9. The fourth-order valence-electron chi connectivity index (χ4n) is 9.48. The Hall–Kier alpha value is -7.49. The van der Waals surface area contributed by atoms with Crippen molar-refractivity contribution < 1.29 is 4.39 Å². The molecule has 0 saturated heterocycles. The largest absolute Gasteiger partial charge is 0.310 e. The summed E-state index contributed by atoms with van der Waals surface area (Å²) in [5.74, 6) is -0.242. The second-order valence-corrected chi connectivity index (χ2v) is 15.0. The van der Waals surface area contributed by atoms with Crippen LogP contribution in [-0.2, 0) is 0 Å². The maximum atomic E-state index is 14.0. The van der Waals surface area contributed by atoms with Crippen LogP contribution in [0.5, 0.6) is 0 Å². The van der Waals surface area contributed by atoms with Crippen molar-refractivity contribution in [3.63, 3.8) is 0 Å². The topological polar surface area (TPSA) is 8.17 Å². The molecular weight excluding hydrogens is 696 g/mol. The zero-order chi connectivity index (χ0) is 37.6. The van der Waals surface area contributed by atoms with Gasteiger partial charge in [0.2, 0.25) is 0 Å². The van der Waals surface area contributed by atoms with Gasteiger partial charge in [-0.2, -0.15) is 0 Å². The summed E-state index contributed by atoms with van der Waals surface area (Å²) in [6, 6.07) is 70.9. The predicted octanol–water partition coefficient (Wildman–Crippen LogP) is 15.0. The van der Waals surface area contributed by atoms with Gasteiger partial charge in [0.15, 0.2) is 0 Å². The Labute approximate surface area is 330 Å². The summed E-state index contributed by atoms with van der Waals surface area (Å²) in [6.45, 7) is 0. The fraction of sp³-hybridized carbons (Fsp3) is 0. The molecule has 266 valence electrons. The molecule has 9 aromatic carbocycles. The van der Waals surface area contributed by atoms with Crippen LogP contribution in [0.3, 0.4) is 0 Å². The van der Waals surface area contributed by atoms with Crippen molar-refractivity contribution in [1.82, 2.24) is 4.57 Å². The van der Waals surface area contributed by atoms with Gasteiger partial charge < -0.3 is 9.47 Å². The lowest BCUT2D eigenvalue weighted by atomic mass is 9.83. The maximum Gasteiger partial charge on any atom is 0.123 e. The summed E-state index contributed by atoms with van der Waals surface area (Å²) in [4.78, 5) is 2.36. The summed E-state index contributed by atoms with van der Waals surface area (Å²) in [6.07, 6.45) is 0. The molecule has 57 heavy (non-hydrogen) atoms. The number of fused-ring (bicyclic) bond motifs is 7. The number of aromatic nitrogens is 1. The minimum absolute atomic E-state index is 0.242. The standard InChI is InChI=1S/C54H33FN2/c55-36-23-27-39(28-24-36)57-51-19-7-6-13-43(51)44-30-22-35(32-52(44)57)34-20-25-38(26-21-34)56(37-10-2-1-3-11-37)40-29-31-42-47-16-9-17-48-49-18-8-15-46(54(49)50(42)33-40)41-12-4-5-14-45(41)53(47)48/h1-33H. The van der Waals surface area contributed by atoms with Crippen molar-refractivity contribution in [2.45, 2.75) is 0 Å². The van der Waals surface area contributed by atoms with Crippen LogP contribution >= 0.6 is 0 Å². The summed E-state index contributed by atoms with van der Waals surface area (Å²) < 4.78 is 16.2. The number of benzene rings is 9. The second-order valence-electron chi connectivity index (χ2n) is 15.0. The molecule has 3 heteroatoms. The number of para-hydroxylation sites is 2. The Bertz CT molecular complexity index is 3210. The molecule has 2 nitrogen and oxygen atoms in total. The van der Waals surface area contributed by atoms with E-state index in [1.54, 1.807) is 0 Å². The third-order valence-electron chi connectivity index (χ3n) is 12.0. The van der Waals surface area contributed by atoms with Gasteiger partial charge in [0.25, 0.3) is 0 Å². The Morgan fingerprint density at radius 3 is 1.63 bits per heavy atom. The van der Waals surface area contributed by atoms with Crippen LogP contribution in [0.4, 0.5) is 21.5 Å². The van der Waals surface area contributed by atoms with Gasteiger partial charge in [-0.3, -0.25) is 0 Å². The van der Waals surface area contributed by atoms with Gasteiger partial charge in [-0.25, -0.2) is 4.39 Å². The molecule has 0 atom stereocenters. The third kappa shape index (κ3) is 4.76. The van der Waals surface area contributed by atoms with Gasteiger partial charge in [0, 0.05) is 33.5 Å². The number of hydrogen-bond donors (Lipinski definition) is 0. The number of halogens is 1. The van der Waals surface area contributed by atoms with Crippen LogP contribution in [0.25, 0.3) is 94.3 Å². The lowest BCUT2D eigenvalue weighted by Gasteiger charge is -2.28. The van der Waals surface area contributed by atoms with Gasteiger partial charge >= 0.3 is 0 Å². The first-order valence-electron chi connectivity index (χ1n) is 19.5. The summed E-state index contributed by atoms with van der Waals surface area (Å²) in [7, 11) is 0. The van der Waals surface area contributed by atoms with Crippen LogP contribution in [0, 0.1) is 5.82 Å². The Kier molecular flexibility index (Phi) is 6.84. The van der Waals surface area contributed by atoms with E-state index < -0.39 is 0 Å². The van der Waals surface area contributed by atoms with Crippen molar-refractivity contribution in [3.8, 4) is 72.4 Å². The predicted molar refractivity (Wildman–Crippen MR) is 235 cm³/mol. The summed E-state index contributed by atoms with van der Waals surface area (Å²) in [5, 5.41) is 2.34. The Morgan fingerprint density at radius 2 is 0.877 bits per heavy atom. The van der Waals surface area contributed by atoms with Crippen LogP contribution in [0.2, 0.25) is 0 Å². The lowest BCUT2D eigenvalue weighted by Crippen LogP contribution is -2.10. The molecule has 0 unspecified atom stereocenters. The monoisotopic (exact) mass is 728 g/mol. The van der Waals surface area contributed by atoms with E-state index in [1.165, 1.54) is 78.5 Å². The maximum absolute atomic E-state index is 14.0. The molecule has 10 aromatic rings. The minimum atomic E-state index is -0.242. The minimum Gasteiger partial charge on any atom is -0.310 e. The number of nitrogens with zero attached hydrogens (tertiary/aromatic N) is 2. The Balaban J connectivity index is 1.00. The van der Waals surface area contributed by atoms with E-state index in [9.17, 15) is 4.39 Å². The van der Waals surface area contributed by atoms with Crippen molar-refractivity contribution in [1.29, 1.82) is 0 Å². The SMILES string of the molecule is Fc1ccc(-n2c3ccccc3c3ccc(-c4ccc(N(c5ccccc5)c5ccc6c(c5)-c5c7cccc5-c5cccc-6c5-c5ccccc5-7)cc4)cc32)cc1. The number of rotatable bonds is 5. The molecule has 1 aromatic heterocycles. The molecule has 0 spiro atoms. The van der Waals surface area contributed by atoms with E-state index in [4.69, 9.17) is 0 Å². The van der Waals surface area contributed by atoms with E-state index in [-0.39, 0.29) is 5.82 Å². The van der Waals surface area contributed by atoms with Crippen molar-refractivity contribution in [3.05, 3.63) is 206 Å². The molecule has 2 aliphatic rings. The molecule has 0 N–H and O–H groups in total. The highest BCUT2D eigenvalue weighted by molar-refractivity contribution is 6.15. The molecular formula is C54H33FN2. The van der Waals surface area contributed by atoms with Crippen LogP contribution in [0.15, 0.2) is 200 Å². The quantitative estimate of drug-likeness (QED) is 0.171. The molecule has 6 bridgehead atoms. The average Bonchev–Trinajstić information content (AvgIpc) is 3.54. The average molecular weight is 729 g/mol. The number of anilines is 3. The van der Waals surface area contributed by atoms with Crippen LogP contribution < -0.4 is 4.90 Å². The molecule has 12 rings (SSSR count). The zero-order valence-electron chi connectivity index (χ0n) is 30.8. The summed E-state index contributed by atoms with van der Waals surface area (Å²) in [5.41, 5.74) is 21.4. The molecule has 2 aliphatic carbocycles. The summed E-state index contributed by atoms with van der Waals surface area (Å²) >= 11 is 0. The smallest absolute Gasteiger partial charge is 0.123 e. The second kappa shape index (κ2) is 12.3.